The van der Waals surface area contributed by atoms with Crippen molar-refractivity contribution in [3.8, 4) is 0 Å². The monoisotopic (exact) mass is 1320 g/mol. The zero-order valence-corrected chi connectivity index (χ0v) is 49.8. The van der Waals surface area contributed by atoms with Crippen molar-refractivity contribution in [1.82, 2.24) is 19.0 Å². The molecule has 0 bridgehead atoms. The minimum Gasteiger partial charge on any atom is -0.466 e. The van der Waals surface area contributed by atoms with E-state index in [1.54, 1.807) is 6.92 Å². The molecule has 1 aromatic rings. The lowest BCUT2D eigenvalue weighted by Gasteiger charge is -2.34. The van der Waals surface area contributed by atoms with Gasteiger partial charge in [-0.3, -0.25) is 4.79 Å². The molecule has 506 valence electrons. The number of thioether (sulfide) groups is 2. The van der Waals surface area contributed by atoms with Crippen LogP contribution < -0.4 is 22.4 Å². The number of rotatable bonds is 47. The third-order valence-electron chi connectivity index (χ3n) is 12.1. The molecule has 0 fully saturated rings. The molecule has 32 heteroatoms. The fraction of sp³-hybridized carbons (Fsp3) is 0.696. The van der Waals surface area contributed by atoms with E-state index in [1.807, 2.05) is 0 Å². The summed E-state index contributed by atoms with van der Waals surface area (Å²) in [6.07, 6.45) is -3.60. The molecule has 1 heterocycles. The number of halogens is 10. The van der Waals surface area contributed by atoms with Crippen LogP contribution in [0.3, 0.4) is 0 Å². The normalized spacial score (nSPS) is 12.1. The summed E-state index contributed by atoms with van der Waals surface area (Å²) >= 11 is 2.68. The number of carbonyl (C=O) groups is 6. The Morgan fingerprint density at radius 2 is 0.830 bits per heavy atom. The first-order valence-corrected chi connectivity index (χ1v) is 29.4. The van der Waals surface area contributed by atoms with Crippen LogP contribution in [0, 0.1) is 5.41 Å². The number of hydrogen-bond acceptors (Lipinski definition) is 18. The smallest absolute Gasteiger partial charge is 0.430 e. The van der Waals surface area contributed by atoms with Crippen LogP contribution in [0.25, 0.3) is 0 Å². The van der Waals surface area contributed by atoms with Crippen molar-refractivity contribution in [2.24, 2.45) is 5.41 Å². The SMILES string of the molecule is C.C.C=CC(=O)OCC(C)(COC(=O)C=C)CC(=O)OCCCCCCCCCSCCCn1c(=O)n(CCCSCCCCCCOC(=O)NC(C)(COC(=O)C=C)COC(=O)C=C)c(=O)n(CC(F)(F)C(F)(F)OC(F)(F)C(F)(F)C(C)(F)F)c1=O. The van der Waals surface area contributed by atoms with Gasteiger partial charge in [0.05, 0.1) is 19.6 Å². The number of esters is 5. The summed E-state index contributed by atoms with van der Waals surface area (Å²) in [5.74, 6) is -20.7. The Balaban J connectivity index is 0. The van der Waals surface area contributed by atoms with Crippen molar-refractivity contribution in [2.75, 3.05) is 62.7 Å². The summed E-state index contributed by atoms with van der Waals surface area (Å²) < 4.78 is 175. The van der Waals surface area contributed by atoms with E-state index in [-0.39, 0.29) is 81.2 Å². The summed E-state index contributed by atoms with van der Waals surface area (Å²) in [6, 6.07) is 0. The van der Waals surface area contributed by atoms with Gasteiger partial charge in [0.1, 0.15) is 38.5 Å². The number of amides is 1. The van der Waals surface area contributed by atoms with Gasteiger partial charge in [-0.15, -0.1) is 0 Å². The summed E-state index contributed by atoms with van der Waals surface area (Å²) in [7, 11) is 0. The molecule has 0 spiro atoms. The molecule has 1 amide bonds. The third kappa shape index (κ3) is 30.0. The van der Waals surface area contributed by atoms with Crippen molar-refractivity contribution in [2.45, 2.75) is 181 Å². The quantitative estimate of drug-likeness (QED) is 0.0210. The third-order valence-corrected chi connectivity index (χ3v) is 14.4. The highest BCUT2D eigenvalue weighted by molar-refractivity contribution is 7.99. The van der Waals surface area contributed by atoms with Gasteiger partial charge >= 0.3 is 83.0 Å². The second-order valence-electron chi connectivity index (χ2n) is 20.1. The average Bonchev–Trinajstić information content (AvgIpc) is 1.00. The maximum atomic E-state index is 15.2. The lowest BCUT2D eigenvalue weighted by molar-refractivity contribution is -0.485. The zero-order valence-electron chi connectivity index (χ0n) is 48.2. The van der Waals surface area contributed by atoms with Crippen LogP contribution >= 0.6 is 23.5 Å². The standard InChI is InChI=1S/C54H76F10N4O16S2.2CH4/c1-8-39(69)80-35-48(5,36-81-40(70)9-2)33-43(73)78-27-19-15-13-12-14-17-21-29-85-31-23-25-66-45(75)67(47(77)68(46(66)76)34-51(57,58)53(61,62)84-54(63,64)52(59,60)50(7,55)56)26-24-32-86-30-22-18-16-20-28-79-44(74)65-49(6,37-82-41(71)10-3)38-83-42(72)11-4;;/h8-11H,1-4,12-38H2,5-7H3,(H,65,74);2*1H4. The minimum absolute atomic E-state index is 0. The van der Waals surface area contributed by atoms with E-state index in [0.717, 1.165) is 62.8 Å². The molecule has 0 aliphatic heterocycles. The van der Waals surface area contributed by atoms with Gasteiger partial charge in [-0.2, -0.15) is 67.4 Å². The maximum Gasteiger partial charge on any atom is 0.430 e. The predicted octanol–water partition coefficient (Wildman–Crippen LogP) is 10.5. The number of unbranched alkanes of at least 4 members (excludes halogenated alkanes) is 9. The first-order chi connectivity index (χ1) is 40.1. The molecule has 1 aromatic heterocycles. The van der Waals surface area contributed by atoms with Gasteiger partial charge in [0.25, 0.3) is 0 Å². The Bertz CT molecular complexity index is 2550. The molecule has 20 nitrogen and oxygen atoms in total. The first-order valence-electron chi connectivity index (χ1n) is 27.0. The maximum absolute atomic E-state index is 15.2. The van der Waals surface area contributed by atoms with Crippen molar-refractivity contribution >= 4 is 59.5 Å². The van der Waals surface area contributed by atoms with Gasteiger partial charge in [-0.1, -0.05) is 93.0 Å². The van der Waals surface area contributed by atoms with E-state index >= 15 is 8.78 Å². The van der Waals surface area contributed by atoms with Crippen LogP contribution in [0.15, 0.2) is 65.0 Å². The van der Waals surface area contributed by atoms with Crippen LogP contribution in [0.5, 0.6) is 0 Å². The lowest BCUT2D eigenvalue weighted by Crippen LogP contribution is -2.61. The van der Waals surface area contributed by atoms with Gasteiger partial charge < -0.3 is 33.7 Å². The van der Waals surface area contributed by atoms with E-state index in [2.05, 4.69) is 36.4 Å². The average molecular weight is 1320 g/mol. The molecule has 0 saturated carbocycles. The fourth-order valence-corrected chi connectivity index (χ4v) is 9.12. The molecule has 1 rings (SSSR count). The molecule has 88 heavy (non-hydrogen) atoms. The van der Waals surface area contributed by atoms with E-state index in [1.165, 1.54) is 30.4 Å². The highest BCUT2D eigenvalue weighted by Gasteiger charge is 2.75. The Morgan fingerprint density at radius 3 is 1.23 bits per heavy atom. The molecule has 0 aliphatic carbocycles. The highest BCUT2D eigenvalue weighted by atomic mass is 32.2. The molecule has 0 saturated heterocycles. The second-order valence-corrected chi connectivity index (χ2v) is 22.6. The summed E-state index contributed by atoms with van der Waals surface area (Å²) in [5.41, 5.74) is -7.57. The van der Waals surface area contributed by atoms with Crippen molar-refractivity contribution in [3.05, 3.63) is 82.1 Å². The van der Waals surface area contributed by atoms with E-state index in [4.69, 9.17) is 28.4 Å². The summed E-state index contributed by atoms with van der Waals surface area (Å²) in [4.78, 5) is 112. The fourth-order valence-electron chi connectivity index (χ4n) is 7.23. The van der Waals surface area contributed by atoms with Crippen LogP contribution in [-0.2, 0) is 76.8 Å². The van der Waals surface area contributed by atoms with Gasteiger partial charge in [0.15, 0.2) is 0 Å². The number of ether oxygens (including phenoxy) is 7. The number of hydrogen-bond donors (Lipinski definition) is 1. The number of nitrogens with zero attached hydrogens (tertiary/aromatic N) is 3. The van der Waals surface area contributed by atoms with Crippen LogP contribution in [-0.4, -0.2) is 148 Å². The number of alkyl halides is 10. The van der Waals surface area contributed by atoms with Crippen LogP contribution in [0.1, 0.15) is 126 Å². The molecule has 0 aromatic carbocycles. The molecular weight excluding hydrogens is 1240 g/mol. The minimum atomic E-state index is -6.92. The molecule has 0 atom stereocenters. The number of alkyl carbamates (subject to hydrolysis) is 1. The van der Waals surface area contributed by atoms with Crippen molar-refractivity contribution in [3.63, 3.8) is 0 Å². The Morgan fingerprint density at radius 1 is 0.477 bits per heavy atom. The van der Waals surface area contributed by atoms with Gasteiger partial charge in [0.2, 0.25) is 0 Å². The van der Waals surface area contributed by atoms with Crippen LogP contribution in [0.4, 0.5) is 48.7 Å². The second kappa shape index (κ2) is 40.6. The molecular formula is C56H84F10N4O16S2. The zero-order chi connectivity index (χ0) is 65.4. The Kier molecular flexibility index (Phi) is 38.7. The largest absolute Gasteiger partial charge is 0.466 e. The van der Waals surface area contributed by atoms with E-state index in [0.29, 0.717) is 43.6 Å². The molecule has 1 N–H and O–H groups in total. The first kappa shape index (κ1) is 84.0. The Hall–Kier alpha value is -6.05. The van der Waals surface area contributed by atoms with Gasteiger partial charge in [-0.05, 0) is 68.5 Å². The van der Waals surface area contributed by atoms with Crippen molar-refractivity contribution in [1.29, 1.82) is 0 Å². The van der Waals surface area contributed by atoms with Gasteiger partial charge in [0, 0.05) is 49.7 Å². The summed E-state index contributed by atoms with van der Waals surface area (Å²) in [5, 5.41) is 2.48. The topological polar surface area (TPSA) is 245 Å². The summed E-state index contributed by atoms with van der Waals surface area (Å²) in [6.45, 7) is 10.2. The lowest BCUT2D eigenvalue weighted by atomic mass is 9.88. The molecule has 0 radical (unpaired) electrons. The Labute approximate surface area is 513 Å². The van der Waals surface area contributed by atoms with E-state index < -0.39 is 138 Å². The van der Waals surface area contributed by atoms with Crippen LogP contribution in [0.2, 0.25) is 0 Å². The highest BCUT2D eigenvalue weighted by Crippen LogP contribution is 2.50. The predicted molar refractivity (Wildman–Crippen MR) is 310 cm³/mol. The number of carbonyl (C=O) groups excluding carboxylic acids is 6. The van der Waals surface area contributed by atoms with Gasteiger partial charge in [-0.25, -0.2) is 56.8 Å². The molecule has 0 aliphatic rings. The molecule has 0 unspecified atom stereocenters. The van der Waals surface area contributed by atoms with Crippen molar-refractivity contribution < 1.29 is 106 Å². The van der Waals surface area contributed by atoms with E-state index in [9.17, 15) is 78.3 Å². The number of aromatic nitrogens is 3. The number of nitrogens with one attached hydrogen (secondary N) is 1.